The molecule has 366 valence electrons. The van der Waals surface area contributed by atoms with Crippen LogP contribution in [0.3, 0.4) is 0 Å². The van der Waals surface area contributed by atoms with Gasteiger partial charge in [-0.15, -0.1) is 6.58 Å². The van der Waals surface area contributed by atoms with Crippen molar-refractivity contribution < 1.29 is 48.5 Å². The van der Waals surface area contributed by atoms with Crippen LogP contribution < -0.4 is 14.2 Å². The van der Waals surface area contributed by atoms with Gasteiger partial charge in [-0.2, -0.15) is 0 Å². The van der Waals surface area contributed by atoms with Crippen LogP contribution in [0.5, 0.6) is 17.2 Å². The molecule has 2 N–H and O–H groups in total. The van der Waals surface area contributed by atoms with Gasteiger partial charge in [-0.1, -0.05) is 72.6 Å². The average Bonchev–Trinajstić information content (AvgIpc) is 4.20. The van der Waals surface area contributed by atoms with Crippen LogP contribution in [0.1, 0.15) is 81.3 Å². The highest BCUT2D eigenvalue weighted by atomic mass is 16.8. The molecule has 9 rings (SSSR count). The molecule has 0 radical (unpaired) electrons. The van der Waals surface area contributed by atoms with Crippen molar-refractivity contribution in [3.8, 4) is 17.2 Å². The Hall–Kier alpha value is -5.84. The van der Waals surface area contributed by atoms with E-state index in [1.54, 1.807) is 11.0 Å². The lowest BCUT2D eigenvalue weighted by Crippen LogP contribution is -2.70. The summed E-state index contributed by atoms with van der Waals surface area (Å²) < 4.78 is 33.4. The number of aliphatic hydroxyl groups excluding tert-OH is 2. The minimum Gasteiger partial charge on any atom is -0.492 e. The molecule has 7 atom stereocenters. The molecule has 4 aromatic carbocycles. The number of benzene rings is 4. The van der Waals surface area contributed by atoms with Crippen molar-refractivity contribution >= 4 is 28.3 Å². The summed E-state index contributed by atoms with van der Waals surface area (Å²) in [5.74, 6) is -0.900. The summed E-state index contributed by atoms with van der Waals surface area (Å²) in [5, 5.41) is 38.7. The summed E-state index contributed by atoms with van der Waals surface area (Å²) in [6, 6.07) is 24.5. The predicted octanol–water partition coefficient (Wildman–Crippen LogP) is 9.30. The number of hydrogen-bond donors (Lipinski definition) is 2. The Labute approximate surface area is 403 Å². The Morgan fingerprint density at radius 3 is 2.51 bits per heavy atom. The second kappa shape index (κ2) is 22.3. The van der Waals surface area contributed by atoms with Crippen LogP contribution in [0.4, 0.5) is 10.5 Å². The summed E-state index contributed by atoms with van der Waals surface area (Å²) >= 11 is 0. The number of ether oxygens (including phenoxy) is 5. The van der Waals surface area contributed by atoms with E-state index < -0.39 is 35.1 Å². The fraction of sp³-hybridized carbons (Fsp3) is 0.481. The van der Waals surface area contributed by atoms with Crippen LogP contribution in [0, 0.1) is 27.9 Å². The molecular formula is C54H64N4O11. The lowest BCUT2D eigenvalue weighted by molar-refractivity contribution is -0.384. The maximum absolute atomic E-state index is 15.4. The smallest absolute Gasteiger partial charge is 0.416 e. The average molecular weight is 945 g/mol. The first-order valence-corrected chi connectivity index (χ1v) is 24.7. The molecule has 3 aliphatic heterocycles. The summed E-state index contributed by atoms with van der Waals surface area (Å²) in [7, 11) is 0. The number of allylic oxidation sites excluding steroid dienone is 1. The first-order chi connectivity index (χ1) is 33.8. The maximum atomic E-state index is 15.4. The zero-order valence-electron chi connectivity index (χ0n) is 39.2. The molecule has 1 saturated carbocycles. The van der Waals surface area contributed by atoms with Crippen LogP contribution in [0.25, 0.3) is 10.8 Å². The molecule has 2 aliphatic carbocycles. The monoisotopic (exact) mass is 944 g/mol. The van der Waals surface area contributed by atoms with Crippen molar-refractivity contribution in [1.29, 1.82) is 0 Å². The standard InChI is InChI=1S/C54H64N4O11/c1-2-30-66-54-49(57(36-39-15-11-14-37-12-3-4-16-43(37)39)53(61)67-41-21-19-40(20-22-41)58(62)63)35-47(55-69-50-18-7-10-31-65-50)45-33-38(13-5-8-28-59)44(17-6-9-29-60)51(52(45)54)46-34-42(23-24-48(46)68-54)64-32-27-56-25-26-56/h2-4,11-12,14-16,19-24,33-34,38,44,49-52,59-60H,1,5-10,13,17-18,25-32,35-36H2/t38-,44+,49-,50?,51+,52+,54+/m0/s1. The van der Waals surface area contributed by atoms with Crippen LogP contribution >= 0.6 is 0 Å². The van der Waals surface area contributed by atoms with Gasteiger partial charge in [0.2, 0.25) is 12.1 Å². The van der Waals surface area contributed by atoms with E-state index in [4.69, 9.17) is 33.7 Å². The van der Waals surface area contributed by atoms with Crippen LogP contribution in [-0.2, 0) is 20.9 Å². The van der Waals surface area contributed by atoms with E-state index in [-0.39, 0.29) is 62.0 Å². The number of fused-ring (bicyclic) bond motifs is 3. The molecular weight excluding hydrogens is 881 g/mol. The van der Waals surface area contributed by atoms with Gasteiger partial charge < -0.3 is 38.7 Å². The number of carbonyl (C=O) groups is 1. The van der Waals surface area contributed by atoms with Crippen molar-refractivity contribution in [3.63, 3.8) is 0 Å². The Kier molecular flexibility index (Phi) is 15.6. The molecule has 0 aromatic heterocycles. The van der Waals surface area contributed by atoms with Gasteiger partial charge in [0.15, 0.2) is 0 Å². The van der Waals surface area contributed by atoms with E-state index in [1.807, 2.05) is 54.6 Å². The number of amides is 1. The third-order valence-electron chi connectivity index (χ3n) is 14.4. The fourth-order valence-corrected chi connectivity index (χ4v) is 11.0. The minimum atomic E-state index is -1.57. The molecule has 3 fully saturated rings. The fourth-order valence-electron chi connectivity index (χ4n) is 11.0. The molecule has 4 aromatic rings. The zero-order chi connectivity index (χ0) is 47.7. The van der Waals surface area contributed by atoms with E-state index in [0.717, 1.165) is 91.4 Å². The van der Waals surface area contributed by atoms with Crippen LogP contribution in [0.2, 0.25) is 0 Å². The van der Waals surface area contributed by atoms with Gasteiger partial charge in [-0.25, -0.2) is 4.79 Å². The third kappa shape index (κ3) is 10.8. The molecule has 3 heterocycles. The molecule has 5 aliphatic rings. The van der Waals surface area contributed by atoms with Crippen molar-refractivity contribution in [2.45, 2.75) is 94.8 Å². The first kappa shape index (κ1) is 48.2. The van der Waals surface area contributed by atoms with Gasteiger partial charge in [0.25, 0.3) is 5.69 Å². The highest BCUT2D eigenvalue weighted by molar-refractivity contribution is 6.03. The van der Waals surface area contributed by atoms with Gasteiger partial charge in [0.1, 0.15) is 29.9 Å². The summed E-state index contributed by atoms with van der Waals surface area (Å²) in [4.78, 5) is 36.8. The lowest BCUT2D eigenvalue weighted by atomic mass is 9.55. The lowest BCUT2D eigenvalue weighted by Gasteiger charge is -2.60. The van der Waals surface area contributed by atoms with Gasteiger partial charge >= 0.3 is 6.09 Å². The zero-order valence-corrected chi connectivity index (χ0v) is 39.2. The van der Waals surface area contributed by atoms with Gasteiger partial charge in [0.05, 0.1) is 36.3 Å². The quantitative estimate of drug-likeness (QED) is 0.0252. The van der Waals surface area contributed by atoms with Crippen molar-refractivity contribution in [3.05, 3.63) is 130 Å². The normalized spacial score (nSPS) is 25.4. The molecule has 15 heteroatoms. The topological polar surface area (TPSA) is 175 Å². The Morgan fingerprint density at radius 2 is 1.75 bits per heavy atom. The molecule has 0 spiro atoms. The molecule has 15 nitrogen and oxygen atoms in total. The second-order valence-electron chi connectivity index (χ2n) is 18.7. The molecule has 69 heavy (non-hydrogen) atoms. The highest BCUT2D eigenvalue weighted by Gasteiger charge is 2.66. The summed E-state index contributed by atoms with van der Waals surface area (Å²) in [6.07, 6.45) is 9.86. The first-order valence-electron chi connectivity index (χ1n) is 24.7. The maximum Gasteiger partial charge on any atom is 0.416 e. The van der Waals surface area contributed by atoms with Gasteiger partial charge in [0, 0.05) is 69.3 Å². The number of nitro benzene ring substituents is 1. The summed E-state index contributed by atoms with van der Waals surface area (Å²) in [6.45, 7) is 8.45. The predicted molar refractivity (Wildman–Crippen MR) is 260 cm³/mol. The molecule has 1 unspecified atom stereocenters. The van der Waals surface area contributed by atoms with E-state index >= 15 is 4.79 Å². The third-order valence-corrected chi connectivity index (χ3v) is 14.4. The van der Waals surface area contributed by atoms with E-state index in [0.29, 0.717) is 43.9 Å². The van der Waals surface area contributed by atoms with E-state index in [1.165, 1.54) is 24.3 Å². The van der Waals surface area contributed by atoms with Crippen LogP contribution in [0.15, 0.2) is 114 Å². The number of rotatable bonds is 22. The SMILES string of the molecule is C=CCO[C@@]12Oc3ccc(OCCN4CC4)cc3[C@H]3[C@H](CCCCO)[C@@H](CCCCO)C=C(C(=NOC4CCCCO4)C[C@@H]1N(Cc1cccc4ccccc14)C(=O)Oc1ccc([N+](=O)[O-])cc1)[C@H]32. The number of oxime groups is 1. The van der Waals surface area contributed by atoms with Gasteiger partial charge in [-0.3, -0.25) is 19.9 Å². The van der Waals surface area contributed by atoms with E-state index in [2.05, 4.69) is 23.6 Å². The largest absolute Gasteiger partial charge is 0.492 e. The Bertz CT molecular complexity index is 2480. The molecule has 1 amide bonds. The number of non-ortho nitro benzene ring substituents is 1. The number of hydrogen-bond acceptors (Lipinski definition) is 13. The number of aliphatic hydroxyl groups is 2. The summed E-state index contributed by atoms with van der Waals surface area (Å²) in [5.41, 5.74) is 3.21. The number of nitrogens with zero attached hydrogens (tertiary/aromatic N) is 4. The molecule has 2 saturated heterocycles. The van der Waals surface area contributed by atoms with Crippen LogP contribution in [-0.4, -0.2) is 108 Å². The van der Waals surface area contributed by atoms with E-state index in [9.17, 15) is 20.3 Å². The van der Waals surface area contributed by atoms with Crippen molar-refractivity contribution in [2.24, 2.45) is 22.9 Å². The number of nitro groups is 1. The Morgan fingerprint density at radius 1 is 0.971 bits per heavy atom. The van der Waals surface area contributed by atoms with Crippen molar-refractivity contribution in [1.82, 2.24) is 9.80 Å². The number of carbonyl (C=O) groups excluding carboxylic acids is 1. The van der Waals surface area contributed by atoms with Gasteiger partial charge in [-0.05, 0) is 103 Å². The second-order valence-corrected chi connectivity index (χ2v) is 18.7. The Balaban J connectivity index is 1.24. The van der Waals surface area contributed by atoms with Crippen molar-refractivity contribution in [2.75, 3.05) is 52.7 Å². The highest BCUT2D eigenvalue weighted by Crippen LogP contribution is 2.62. The number of unbranched alkanes of at least 4 members (excludes halogenated alkanes) is 2. The minimum absolute atomic E-state index is 0.00680. The molecule has 0 bridgehead atoms.